The number of nitrogens with one attached hydrogen (secondary N) is 1. The number of urea groups is 1. The van der Waals surface area contributed by atoms with Gasteiger partial charge >= 0.3 is 18.2 Å². The molecule has 0 saturated heterocycles. The van der Waals surface area contributed by atoms with Crippen LogP contribution in [-0.4, -0.2) is 35.1 Å². The van der Waals surface area contributed by atoms with Gasteiger partial charge in [-0.15, -0.1) is 0 Å². The van der Waals surface area contributed by atoms with E-state index < -0.39 is 35.5 Å². The van der Waals surface area contributed by atoms with Crippen molar-refractivity contribution in [2.45, 2.75) is 19.1 Å². The summed E-state index contributed by atoms with van der Waals surface area (Å²) in [5.41, 5.74) is -1.47. The summed E-state index contributed by atoms with van der Waals surface area (Å²) in [6.45, 7) is 1.24. The number of carboxylic acid groups (broad SMARTS) is 1. The molecule has 116 valence electrons. The number of rotatable bonds is 3. The van der Waals surface area contributed by atoms with Gasteiger partial charge < -0.3 is 15.3 Å². The highest BCUT2D eigenvalue weighted by Gasteiger charge is 2.34. The lowest BCUT2D eigenvalue weighted by Gasteiger charge is -2.23. The molecule has 21 heavy (non-hydrogen) atoms. The van der Waals surface area contributed by atoms with E-state index in [0.717, 1.165) is 17.0 Å². The van der Waals surface area contributed by atoms with E-state index in [1.807, 2.05) is 0 Å². The zero-order valence-corrected chi connectivity index (χ0v) is 12.6. The highest BCUT2D eigenvalue weighted by Crippen LogP contribution is 2.36. The van der Waals surface area contributed by atoms with Gasteiger partial charge in [-0.05, 0) is 25.1 Å². The summed E-state index contributed by atoms with van der Waals surface area (Å²) in [5, 5.41) is 10.8. The van der Waals surface area contributed by atoms with E-state index in [1.54, 1.807) is 0 Å². The van der Waals surface area contributed by atoms with Crippen molar-refractivity contribution in [2.75, 3.05) is 12.4 Å². The zero-order valence-electron chi connectivity index (χ0n) is 11.0. The van der Waals surface area contributed by atoms with Gasteiger partial charge in [0.05, 0.1) is 11.3 Å². The molecular weight excluding hydrogens is 357 g/mol. The minimum atomic E-state index is -4.65. The topological polar surface area (TPSA) is 69.6 Å². The summed E-state index contributed by atoms with van der Waals surface area (Å²) in [6, 6.07) is 1.14. The molecule has 0 aliphatic carbocycles. The number of carbonyl (C=O) groups is 2. The van der Waals surface area contributed by atoms with Crippen LogP contribution in [0.5, 0.6) is 0 Å². The molecule has 0 bridgehead atoms. The maximum absolute atomic E-state index is 12.9. The van der Waals surface area contributed by atoms with E-state index in [4.69, 9.17) is 5.11 Å². The van der Waals surface area contributed by atoms with E-state index in [0.29, 0.717) is 0 Å². The molecule has 0 aromatic heterocycles. The average Bonchev–Trinajstić information content (AvgIpc) is 2.37. The fourth-order valence-electron chi connectivity index (χ4n) is 1.40. The summed E-state index contributed by atoms with van der Waals surface area (Å²) in [5.74, 6) is -1.26. The number of nitrogens with zero attached hydrogens (tertiary/aromatic N) is 1. The van der Waals surface area contributed by atoms with E-state index >= 15 is 0 Å². The van der Waals surface area contributed by atoms with E-state index in [-0.39, 0.29) is 4.47 Å². The Morgan fingerprint density at radius 3 is 2.43 bits per heavy atom. The van der Waals surface area contributed by atoms with Crippen LogP contribution in [0.1, 0.15) is 12.5 Å². The molecule has 2 N–H and O–H groups in total. The van der Waals surface area contributed by atoms with Crippen molar-refractivity contribution in [1.82, 2.24) is 4.90 Å². The number of carboxylic acids is 1. The molecule has 5 nitrogen and oxygen atoms in total. The molecule has 2 amide bonds. The quantitative estimate of drug-likeness (QED) is 0.858. The lowest BCUT2D eigenvalue weighted by Crippen LogP contribution is -2.42. The first kappa shape index (κ1) is 17.3. The Morgan fingerprint density at radius 1 is 1.38 bits per heavy atom. The monoisotopic (exact) mass is 368 g/mol. The van der Waals surface area contributed by atoms with E-state index in [1.165, 1.54) is 20.0 Å². The van der Waals surface area contributed by atoms with Crippen LogP contribution in [0.15, 0.2) is 22.7 Å². The second-order valence-electron chi connectivity index (χ2n) is 4.24. The molecule has 0 heterocycles. The standard InChI is InChI=1S/C12H12BrF3N2O3/c1-6(10(19)20)18(2)11(21)17-9-4-3-7(13)5-8(9)12(14,15)16/h3-6H,1-2H3,(H,17,21)(H,19,20). The molecule has 1 unspecified atom stereocenters. The number of carbonyl (C=O) groups excluding carboxylic acids is 1. The van der Waals surface area contributed by atoms with Gasteiger partial charge in [0, 0.05) is 11.5 Å². The highest BCUT2D eigenvalue weighted by atomic mass is 79.9. The number of aliphatic carboxylic acids is 1. The maximum atomic E-state index is 12.9. The smallest absolute Gasteiger partial charge is 0.418 e. The Morgan fingerprint density at radius 2 is 1.95 bits per heavy atom. The Labute approximate surface area is 126 Å². The number of likely N-dealkylation sites (N-methyl/N-ethyl adjacent to an activating group) is 1. The van der Waals surface area contributed by atoms with Gasteiger partial charge in [0.1, 0.15) is 6.04 Å². The normalized spacial score (nSPS) is 12.7. The molecule has 0 saturated carbocycles. The second-order valence-corrected chi connectivity index (χ2v) is 5.16. The fourth-order valence-corrected chi connectivity index (χ4v) is 1.77. The van der Waals surface area contributed by atoms with Crippen LogP contribution in [0.25, 0.3) is 0 Å². The number of alkyl halides is 3. The van der Waals surface area contributed by atoms with Crippen molar-refractivity contribution in [3.63, 3.8) is 0 Å². The molecular formula is C12H12BrF3N2O3. The Bertz CT molecular complexity index is 563. The van der Waals surface area contributed by atoms with Crippen molar-refractivity contribution in [1.29, 1.82) is 0 Å². The van der Waals surface area contributed by atoms with Crippen LogP contribution in [0.2, 0.25) is 0 Å². The van der Waals surface area contributed by atoms with Crippen LogP contribution >= 0.6 is 15.9 Å². The summed E-state index contributed by atoms with van der Waals surface area (Å²) in [4.78, 5) is 23.4. The predicted octanol–water partition coefficient (Wildman–Crippen LogP) is 3.40. The fraction of sp³-hybridized carbons (Fsp3) is 0.333. The number of anilines is 1. The highest BCUT2D eigenvalue weighted by molar-refractivity contribution is 9.10. The van der Waals surface area contributed by atoms with Crippen LogP contribution < -0.4 is 5.32 Å². The van der Waals surface area contributed by atoms with Crippen molar-refractivity contribution < 1.29 is 27.9 Å². The van der Waals surface area contributed by atoms with E-state index in [9.17, 15) is 22.8 Å². The first-order valence-electron chi connectivity index (χ1n) is 5.67. The Balaban J connectivity index is 3.03. The maximum Gasteiger partial charge on any atom is 0.418 e. The minimum Gasteiger partial charge on any atom is -0.480 e. The summed E-state index contributed by atoms with van der Waals surface area (Å²) in [7, 11) is 1.18. The van der Waals surface area contributed by atoms with Crippen LogP contribution in [0.4, 0.5) is 23.7 Å². The largest absolute Gasteiger partial charge is 0.480 e. The molecule has 0 aliphatic heterocycles. The van der Waals surface area contributed by atoms with Gasteiger partial charge in [-0.25, -0.2) is 9.59 Å². The van der Waals surface area contributed by atoms with Crippen molar-refractivity contribution in [3.05, 3.63) is 28.2 Å². The van der Waals surface area contributed by atoms with Crippen molar-refractivity contribution in [2.24, 2.45) is 0 Å². The van der Waals surface area contributed by atoms with Gasteiger partial charge in [-0.3, -0.25) is 0 Å². The minimum absolute atomic E-state index is 0.208. The number of amides is 2. The van der Waals surface area contributed by atoms with Crippen LogP contribution in [0, 0.1) is 0 Å². The second kappa shape index (κ2) is 6.33. The lowest BCUT2D eigenvalue weighted by molar-refractivity contribution is -0.141. The average molecular weight is 369 g/mol. The van der Waals surface area contributed by atoms with Gasteiger partial charge in [-0.1, -0.05) is 15.9 Å². The van der Waals surface area contributed by atoms with E-state index in [2.05, 4.69) is 21.2 Å². The summed E-state index contributed by atoms with van der Waals surface area (Å²) < 4.78 is 38.9. The first-order valence-corrected chi connectivity index (χ1v) is 6.46. The Hall–Kier alpha value is -1.77. The molecule has 0 aliphatic rings. The molecule has 0 radical (unpaired) electrons. The molecule has 9 heteroatoms. The van der Waals surface area contributed by atoms with Gasteiger partial charge in [0.2, 0.25) is 0 Å². The third kappa shape index (κ3) is 4.35. The molecule has 0 spiro atoms. The number of benzene rings is 1. The van der Waals surface area contributed by atoms with Crippen LogP contribution in [-0.2, 0) is 11.0 Å². The number of hydrogen-bond acceptors (Lipinski definition) is 2. The lowest BCUT2D eigenvalue weighted by atomic mass is 10.1. The third-order valence-corrected chi connectivity index (χ3v) is 3.28. The Kier molecular flexibility index (Phi) is 5.21. The van der Waals surface area contributed by atoms with Gasteiger partial charge in [0.15, 0.2) is 0 Å². The molecule has 1 aromatic rings. The molecule has 1 aromatic carbocycles. The van der Waals surface area contributed by atoms with Crippen molar-refractivity contribution >= 4 is 33.6 Å². The first-order chi connectivity index (χ1) is 9.54. The molecule has 1 atom stereocenters. The number of hydrogen-bond donors (Lipinski definition) is 2. The van der Waals surface area contributed by atoms with Gasteiger partial charge in [-0.2, -0.15) is 13.2 Å². The summed E-state index contributed by atoms with van der Waals surface area (Å²) >= 11 is 2.93. The van der Waals surface area contributed by atoms with Crippen molar-refractivity contribution in [3.8, 4) is 0 Å². The molecule has 0 fully saturated rings. The van der Waals surface area contributed by atoms with Gasteiger partial charge in [0.25, 0.3) is 0 Å². The third-order valence-electron chi connectivity index (χ3n) is 2.79. The number of halogens is 4. The van der Waals surface area contributed by atoms with Crippen LogP contribution in [0.3, 0.4) is 0 Å². The SMILES string of the molecule is CC(C(=O)O)N(C)C(=O)Nc1ccc(Br)cc1C(F)(F)F. The zero-order chi connectivity index (χ0) is 16.4. The summed E-state index contributed by atoms with van der Waals surface area (Å²) in [6.07, 6.45) is -4.65. The molecule has 1 rings (SSSR count). The predicted molar refractivity (Wildman–Crippen MR) is 73.0 cm³/mol.